The lowest BCUT2D eigenvalue weighted by atomic mass is 10.2. The van der Waals surface area contributed by atoms with Crippen LogP contribution < -0.4 is 5.43 Å². The van der Waals surface area contributed by atoms with Crippen LogP contribution >= 0.6 is 11.3 Å². The number of thiophene rings is 1. The van der Waals surface area contributed by atoms with Gasteiger partial charge in [0, 0.05) is 0 Å². The second kappa shape index (κ2) is 5.45. The van der Waals surface area contributed by atoms with Crippen LogP contribution in [-0.2, 0) is 0 Å². The van der Waals surface area contributed by atoms with Crippen molar-refractivity contribution in [2.45, 2.75) is 13.3 Å². The average molecular weight is 248 g/mol. The van der Waals surface area contributed by atoms with Gasteiger partial charge in [0.15, 0.2) is 0 Å². The number of hydrazone groups is 1. The highest BCUT2D eigenvalue weighted by Gasteiger charge is 2.07. The zero-order valence-electron chi connectivity index (χ0n) is 9.34. The lowest BCUT2D eigenvalue weighted by Gasteiger charge is -2.01. The molecule has 0 aliphatic rings. The van der Waals surface area contributed by atoms with Crippen molar-refractivity contribution in [3.05, 3.63) is 46.5 Å². The van der Waals surface area contributed by atoms with Crippen LogP contribution in [0.15, 0.2) is 45.6 Å². The number of hydrogen-bond donors (Lipinski definition) is 1. The maximum Gasteiger partial charge on any atom is 0.274 e. The van der Waals surface area contributed by atoms with Crippen molar-refractivity contribution in [3.8, 4) is 0 Å². The number of nitrogens with zero attached hydrogens (tertiary/aromatic N) is 1. The van der Waals surface area contributed by atoms with E-state index in [4.69, 9.17) is 4.42 Å². The van der Waals surface area contributed by atoms with Crippen LogP contribution in [0.25, 0.3) is 0 Å². The summed E-state index contributed by atoms with van der Waals surface area (Å²) in [5.74, 6) is -0.263. The molecule has 1 N–H and O–H groups in total. The fourth-order valence-corrected chi connectivity index (χ4v) is 2.11. The molecule has 1 amide bonds. The largest absolute Gasteiger partial charge is 0.472 e. The highest BCUT2D eigenvalue weighted by atomic mass is 32.1. The molecule has 2 aromatic rings. The van der Waals surface area contributed by atoms with Gasteiger partial charge in [0.25, 0.3) is 5.91 Å². The van der Waals surface area contributed by atoms with E-state index < -0.39 is 0 Å². The van der Waals surface area contributed by atoms with E-state index in [0.29, 0.717) is 5.56 Å². The molecule has 2 heterocycles. The molecule has 2 rings (SSSR count). The fourth-order valence-electron chi connectivity index (χ4n) is 1.33. The van der Waals surface area contributed by atoms with Crippen LogP contribution in [0.5, 0.6) is 0 Å². The van der Waals surface area contributed by atoms with E-state index in [0.717, 1.165) is 17.0 Å². The minimum absolute atomic E-state index is 0.263. The van der Waals surface area contributed by atoms with Crippen molar-refractivity contribution in [1.82, 2.24) is 5.43 Å². The molecular formula is C12H12N2O2S. The molecule has 88 valence electrons. The fraction of sp³-hybridized carbons (Fsp3) is 0.167. The Morgan fingerprint density at radius 1 is 1.53 bits per heavy atom. The van der Waals surface area contributed by atoms with Crippen LogP contribution in [0, 0.1) is 0 Å². The highest BCUT2D eigenvalue weighted by molar-refractivity contribution is 7.12. The van der Waals surface area contributed by atoms with Crippen molar-refractivity contribution >= 4 is 23.0 Å². The molecule has 0 radical (unpaired) electrons. The lowest BCUT2D eigenvalue weighted by Crippen LogP contribution is -2.19. The molecule has 0 saturated heterocycles. The van der Waals surface area contributed by atoms with E-state index in [1.165, 1.54) is 12.5 Å². The van der Waals surface area contributed by atoms with Crippen LogP contribution in [0.2, 0.25) is 0 Å². The number of furan rings is 1. The van der Waals surface area contributed by atoms with Crippen LogP contribution in [0.4, 0.5) is 0 Å². The summed E-state index contributed by atoms with van der Waals surface area (Å²) in [6.45, 7) is 2.00. The summed E-state index contributed by atoms with van der Waals surface area (Å²) >= 11 is 1.60. The number of nitrogens with one attached hydrogen (secondary N) is 1. The molecule has 0 saturated carbocycles. The minimum Gasteiger partial charge on any atom is -0.472 e. The Balaban J connectivity index is 2.07. The van der Waals surface area contributed by atoms with Crippen LogP contribution in [-0.4, -0.2) is 11.6 Å². The monoisotopic (exact) mass is 248 g/mol. The van der Waals surface area contributed by atoms with Crippen molar-refractivity contribution in [3.63, 3.8) is 0 Å². The van der Waals surface area contributed by atoms with Gasteiger partial charge in [0.1, 0.15) is 6.26 Å². The average Bonchev–Trinajstić information content (AvgIpc) is 3.02. The molecule has 4 nitrogen and oxygen atoms in total. The maximum absolute atomic E-state index is 11.6. The molecule has 0 fully saturated rings. The quantitative estimate of drug-likeness (QED) is 0.668. The molecule has 0 aromatic carbocycles. The highest BCUT2D eigenvalue weighted by Crippen LogP contribution is 2.11. The van der Waals surface area contributed by atoms with Gasteiger partial charge in [0.05, 0.1) is 22.4 Å². The molecule has 2 aromatic heterocycles. The molecule has 0 bridgehead atoms. The van der Waals surface area contributed by atoms with Crippen molar-refractivity contribution in [2.24, 2.45) is 5.10 Å². The van der Waals surface area contributed by atoms with Crippen molar-refractivity contribution < 1.29 is 9.21 Å². The van der Waals surface area contributed by atoms with E-state index in [1.807, 2.05) is 24.4 Å². The first kappa shape index (κ1) is 11.6. The Hall–Kier alpha value is -1.88. The Morgan fingerprint density at radius 2 is 2.41 bits per heavy atom. The Morgan fingerprint density at radius 3 is 3.00 bits per heavy atom. The summed E-state index contributed by atoms with van der Waals surface area (Å²) in [6, 6.07) is 5.54. The SMILES string of the molecule is CC/C(=N\NC(=O)c1ccoc1)c1cccs1. The van der Waals surface area contributed by atoms with Gasteiger partial charge < -0.3 is 4.42 Å². The first-order valence-electron chi connectivity index (χ1n) is 5.24. The van der Waals surface area contributed by atoms with Crippen LogP contribution in [0.3, 0.4) is 0 Å². The number of hydrogen-bond acceptors (Lipinski definition) is 4. The minimum atomic E-state index is -0.263. The second-order valence-electron chi connectivity index (χ2n) is 3.34. The summed E-state index contributed by atoms with van der Waals surface area (Å²) in [7, 11) is 0. The molecule has 0 unspecified atom stereocenters. The topological polar surface area (TPSA) is 54.6 Å². The molecule has 0 spiro atoms. The van der Waals surface area contributed by atoms with Gasteiger partial charge in [-0.25, -0.2) is 5.43 Å². The first-order valence-corrected chi connectivity index (χ1v) is 6.12. The zero-order chi connectivity index (χ0) is 12.1. The Labute approximate surface area is 103 Å². The van der Waals surface area contributed by atoms with Gasteiger partial charge in [-0.3, -0.25) is 4.79 Å². The Bertz CT molecular complexity index is 501. The number of carbonyl (C=O) groups excluding carboxylic acids is 1. The summed E-state index contributed by atoms with van der Waals surface area (Å²) in [5, 5.41) is 6.11. The van der Waals surface area contributed by atoms with Gasteiger partial charge in [-0.2, -0.15) is 5.10 Å². The molecular weight excluding hydrogens is 236 g/mol. The molecule has 5 heteroatoms. The molecule has 0 aliphatic heterocycles. The normalized spacial score (nSPS) is 11.5. The zero-order valence-corrected chi connectivity index (χ0v) is 10.2. The number of carbonyl (C=O) groups is 1. The van der Waals surface area contributed by atoms with Gasteiger partial charge in [0.2, 0.25) is 0 Å². The lowest BCUT2D eigenvalue weighted by molar-refractivity contribution is 0.0954. The third kappa shape index (κ3) is 2.82. The standard InChI is InChI=1S/C12H12N2O2S/c1-2-10(11-4-3-7-17-11)13-14-12(15)9-5-6-16-8-9/h3-8H,2H2,1H3,(H,14,15)/b13-10+. The van der Waals surface area contributed by atoms with E-state index >= 15 is 0 Å². The third-order valence-corrected chi connectivity index (χ3v) is 3.14. The smallest absolute Gasteiger partial charge is 0.274 e. The van der Waals surface area contributed by atoms with Gasteiger partial charge in [-0.05, 0) is 23.9 Å². The van der Waals surface area contributed by atoms with Crippen molar-refractivity contribution in [1.29, 1.82) is 0 Å². The van der Waals surface area contributed by atoms with E-state index in [1.54, 1.807) is 17.4 Å². The van der Waals surface area contributed by atoms with E-state index in [-0.39, 0.29) is 5.91 Å². The van der Waals surface area contributed by atoms with Crippen LogP contribution in [0.1, 0.15) is 28.6 Å². The van der Waals surface area contributed by atoms with Crippen molar-refractivity contribution in [2.75, 3.05) is 0 Å². The predicted molar refractivity (Wildman–Crippen MR) is 67.3 cm³/mol. The second-order valence-corrected chi connectivity index (χ2v) is 4.29. The molecule has 0 aliphatic carbocycles. The summed E-state index contributed by atoms with van der Waals surface area (Å²) < 4.78 is 4.83. The summed E-state index contributed by atoms with van der Waals surface area (Å²) in [4.78, 5) is 12.7. The number of rotatable bonds is 4. The molecule has 0 atom stereocenters. The first-order chi connectivity index (χ1) is 8.31. The summed E-state index contributed by atoms with van der Waals surface area (Å²) in [6.07, 6.45) is 3.62. The maximum atomic E-state index is 11.6. The van der Waals surface area contributed by atoms with Gasteiger partial charge in [-0.1, -0.05) is 13.0 Å². The Kier molecular flexibility index (Phi) is 3.72. The van der Waals surface area contributed by atoms with E-state index in [2.05, 4.69) is 10.5 Å². The number of amides is 1. The van der Waals surface area contributed by atoms with Gasteiger partial charge >= 0.3 is 0 Å². The van der Waals surface area contributed by atoms with E-state index in [9.17, 15) is 4.79 Å². The van der Waals surface area contributed by atoms with Gasteiger partial charge in [-0.15, -0.1) is 11.3 Å². The third-order valence-electron chi connectivity index (χ3n) is 2.22. The molecule has 17 heavy (non-hydrogen) atoms. The summed E-state index contributed by atoms with van der Waals surface area (Å²) in [5.41, 5.74) is 3.86. The predicted octanol–water partition coefficient (Wildman–Crippen LogP) is 2.89.